The molecule has 0 saturated heterocycles. The van der Waals surface area contributed by atoms with Crippen molar-refractivity contribution in [2.75, 3.05) is 0 Å². The van der Waals surface area contributed by atoms with E-state index in [9.17, 15) is 0 Å². The van der Waals surface area contributed by atoms with Gasteiger partial charge in [0.1, 0.15) is 17.7 Å². The van der Waals surface area contributed by atoms with Gasteiger partial charge in [0.15, 0.2) is 0 Å². The topological polar surface area (TPSA) is 45.7 Å². The summed E-state index contributed by atoms with van der Waals surface area (Å²) in [5.74, 6) is 1.10. The summed E-state index contributed by atoms with van der Waals surface area (Å²) >= 11 is 9.41. The molecule has 16 heavy (non-hydrogen) atoms. The fourth-order valence-electron chi connectivity index (χ4n) is 1.31. The smallest absolute Gasteiger partial charge is 0.149 e. The van der Waals surface area contributed by atoms with Crippen molar-refractivity contribution in [2.24, 2.45) is 5.16 Å². The monoisotopic (exact) mass is 299 g/mol. The fraction of sp³-hybridized carbons (Fsp3) is 0. The number of nitrogens with zero attached hydrogens (tertiary/aromatic N) is 1. The summed E-state index contributed by atoms with van der Waals surface area (Å²) in [7, 11) is 0. The van der Waals surface area contributed by atoms with E-state index in [1.54, 1.807) is 18.2 Å². The molecule has 0 aliphatic heterocycles. The molecule has 0 unspecified atom stereocenters. The Kier molecular flexibility index (Phi) is 3.31. The molecule has 2 aromatic rings. The number of hydrogen-bond acceptors (Lipinski definition) is 3. The normalized spacial score (nSPS) is 11.1. The molecule has 82 valence electrons. The lowest BCUT2D eigenvalue weighted by molar-refractivity contribution is 0.321. The van der Waals surface area contributed by atoms with Crippen molar-refractivity contribution in [3.63, 3.8) is 0 Å². The zero-order chi connectivity index (χ0) is 11.5. The maximum Gasteiger partial charge on any atom is 0.149 e. The minimum atomic E-state index is 0.469. The van der Waals surface area contributed by atoms with Crippen LogP contribution in [0.5, 0.6) is 0 Å². The zero-order valence-electron chi connectivity index (χ0n) is 8.02. The zero-order valence-corrected chi connectivity index (χ0v) is 10.4. The average molecular weight is 301 g/mol. The van der Waals surface area contributed by atoms with Crippen LogP contribution in [0.15, 0.2) is 44.4 Å². The van der Waals surface area contributed by atoms with Gasteiger partial charge in [0.2, 0.25) is 0 Å². The minimum absolute atomic E-state index is 0.469. The molecule has 0 fully saturated rings. The minimum Gasteiger partial charge on any atom is -0.455 e. The van der Waals surface area contributed by atoms with Gasteiger partial charge in [0.25, 0.3) is 0 Å². The summed E-state index contributed by atoms with van der Waals surface area (Å²) in [5, 5.41) is 11.9. The number of halogens is 2. The molecule has 3 nitrogen and oxygen atoms in total. The Bertz CT molecular complexity index is 537. The first kappa shape index (κ1) is 11.2. The molecule has 0 spiro atoms. The largest absolute Gasteiger partial charge is 0.455 e. The van der Waals surface area contributed by atoms with Gasteiger partial charge in [-0.2, -0.15) is 0 Å². The van der Waals surface area contributed by atoms with Crippen LogP contribution >= 0.6 is 27.5 Å². The van der Waals surface area contributed by atoms with Gasteiger partial charge in [-0.1, -0.05) is 32.7 Å². The molecule has 0 aliphatic carbocycles. The third kappa shape index (κ3) is 2.28. The molecule has 1 aromatic heterocycles. The van der Waals surface area contributed by atoms with E-state index in [2.05, 4.69) is 21.1 Å². The second-order valence-corrected chi connectivity index (χ2v) is 4.39. The van der Waals surface area contributed by atoms with Crippen molar-refractivity contribution >= 4 is 33.7 Å². The highest BCUT2D eigenvalue weighted by molar-refractivity contribution is 9.10. The molecule has 5 heteroatoms. The Labute approximate surface area is 105 Å². The maximum absolute atomic E-state index is 8.37. The van der Waals surface area contributed by atoms with Crippen molar-refractivity contribution in [1.29, 1.82) is 0 Å². The van der Waals surface area contributed by atoms with Gasteiger partial charge in [-0.05, 0) is 30.3 Å². The van der Waals surface area contributed by atoms with Crippen LogP contribution in [0, 0.1) is 0 Å². The van der Waals surface area contributed by atoms with Crippen molar-refractivity contribution in [1.82, 2.24) is 0 Å². The summed E-state index contributed by atoms with van der Waals surface area (Å²) in [6.45, 7) is 0. The Balaban J connectivity index is 2.42. The van der Waals surface area contributed by atoms with Gasteiger partial charge in [-0.25, -0.2) is 0 Å². The van der Waals surface area contributed by atoms with E-state index >= 15 is 0 Å². The van der Waals surface area contributed by atoms with Crippen LogP contribution < -0.4 is 0 Å². The van der Waals surface area contributed by atoms with E-state index in [0.29, 0.717) is 16.5 Å². The third-order valence-corrected chi connectivity index (χ3v) is 2.81. The molecule has 1 heterocycles. The van der Waals surface area contributed by atoms with E-state index in [-0.39, 0.29) is 0 Å². The van der Waals surface area contributed by atoms with Crippen LogP contribution in [-0.2, 0) is 0 Å². The van der Waals surface area contributed by atoms with Gasteiger partial charge in [0, 0.05) is 10.0 Å². The van der Waals surface area contributed by atoms with Gasteiger partial charge in [-0.3, -0.25) is 0 Å². The highest BCUT2D eigenvalue weighted by Gasteiger charge is 2.08. The Morgan fingerprint density at radius 2 is 2.12 bits per heavy atom. The fourth-order valence-corrected chi connectivity index (χ4v) is 2.08. The lowest BCUT2D eigenvalue weighted by Gasteiger charge is -2.00. The van der Waals surface area contributed by atoms with Crippen LogP contribution in [0.3, 0.4) is 0 Å². The molecule has 2 rings (SSSR count). The predicted octanol–water partition coefficient (Wildman–Crippen LogP) is 4.17. The molecule has 1 N–H and O–H groups in total. The third-order valence-electron chi connectivity index (χ3n) is 2.01. The average Bonchev–Trinajstić information content (AvgIpc) is 2.67. The molecule has 0 amide bonds. The number of hydrogen-bond donors (Lipinski definition) is 1. The van der Waals surface area contributed by atoms with Crippen molar-refractivity contribution in [3.05, 3.63) is 45.6 Å². The van der Waals surface area contributed by atoms with Crippen LogP contribution in [0.25, 0.3) is 11.3 Å². The molecule has 0 atom stereocenters. The van der Waals surface area contributed by atoms with E-state index < -0.39 is 0 Å². The summed E-state index contributed by atoms with van der Waals surface area (Å²) in [4.78, 5) is 0. The molecular weight excluding hydrogens is 293 g/mol. The van der Waals surface area contributed by atoms with Gasteiger partial charge in [0.05, 0.1) is 5.02 Å². The standard InChI is InChI=1S/C11H7BrClNO2/c12-7-1-3-9(10(13)5-7)11-4-2-8(16-11)6-14-15/h1-6,15H/b14-6+. The quantitative estimate of drug-likeness (QED) is 0.514. The van der Waals surface area contributed by atoms with Crippen molar-refractivity contribution < 1.29 is 9.62 Å². The van der Waals surface area contributed by atoms with Gasteiger partial charge >= 0.3 is 0 Å². The summed E-state index contributed by atoms with van der Waals surface area (Å²) in [5.41, 5.74) is 0.794. The molecule has 0 radical (unpaired) electrons. The van der Waals surface area contributed by atoms with E-state index in [1.807, 2.05) is 12.1 Å². The first-order valence-electron chi connectivity index (χ1n) is 4.43. The predicted molar refractivity (Wildman–Crippen MR) is 66.2 cm³/mol. The summed E-state index contributed by atoms with van der Waals surface area (Å²) in [6.07, 6.45) is 1.22. The lowest BCUT2D eigenvalue weighted by atomic mass is 10.2. The number of furan rings is 1. The van der Waals surface area contributed by atoms with Crippen LogP contribution in [-0.4, -0.2) is 11.4 Å². The lowest BCUT2D eigenvalue weighted by Crippen LogP contribution is -1.77. The molecular formula is C11H7BrClNO2. The highest BCUT2D eigenvalue weighted by Crippen LogP contribution is 2.31. The molecule has 0 bridgehead atoms. The van der Waals surface area contributed by atoms with Crippen molar-refractivity contribution in [3.8, 4) is 11.3 Å². The van der Waals surface area contributed by atoms with E-state index in [0.717, 1.165) is 10.0 Å². The second-order valence-electron chi connectivity index (χ2n) is 3.07. The molecule has 1 aromatic carbocycles. The first-order valence-corrected chi connectivity index (χ1v) is 5.60. The van der Waals surface area contributed by atoms with E-state index in [4.69, 9.17) is 21.2 Å². The number of oxime groups is 1. The molecule has 0 aliphatic rings. The number of benzene rings is 1. The van der Waals surface area contributed by atoms with E-state index in [1.165, 1.54) is 6.21 Å². The van der Waals surface area contributed by atoms with Crippen LogP contribution in [0.1, 0.15) is 5.76 Å². The Hall–Kier alpha value is -1.26. The van der Waals surface area contributed by atoms with Gasteiger partial charge < -0.3 is 9.62 Å². The second kappa shape index (κ2) is 4.72. The number of rotatable bonds is 2. The van der Waals surface area contributed by atoms with Crippen molar-refractivity contribution in [2.45, 2.75) is 0 Å². The molecule has 0 saturated carbocycles. The van der Waals surface area contributed by atoms with Crippen LogP contribution in [0.2, 0.25) is 5.02 Å². The van der Waals surface area contributed by atoms with Gasteiger partial charge in [-0.15, -0.1) is 0 Å². The first-order chi connectivity index (χ1) is 7.70. The summed E-state index contributed by atoms with van der Waals surface area (Å²) < 4.78 is 6.33. The van der Waals surface area contributed by atoms with Crippen LogP contribution in [0.4, 0.5) is 0 Å². The Morgan fingerprint density at radius 3 is 2.81 bits per heavy atom. The Morgan fingerprint density at radius 1 is 1.31 bits per heavy atom. The highest BCUT2D eigenvalue weighted by atomic mass is 79.9. The summed E-state index contributed by atoms with van der Waals surface area (Å²) in [6, 6.07) is 8.99. The SMILES string of the molecule is O/N=C/c1ccc(-c2ccc(Br)cc2Cl)o1. The maximum atomic E-state index is 8.37.